The number of benzene rings is 1. The molecule has 1 heterocycles. The molecular formula is C11H10N2O4S. The zero-order valence-electron chi connectivity index (χ0n) is 9.45. The first-order valence-corrected chi connectivity index (χ1v) is 6.87. The molecule has 7 heteroatoms. The van der Waals surface area contributed by atoms with Gasteiger partial charge in [0.25, 0.3) is 5.56 Å². The molecule has 2 aromatic rings. The normalized spacial score (nSPS) is 11.2. The highest BCUT2D eigenvalue weighted by molar-refractivity contribution is 7.90. The molecule has 0 amide bonds. The van der Waals surface area contributed by atoms with Gasteiger partial charge in [-0.25, -0.2) is 13.5 Å². The predicted molar refractivity (Wildman–Crippen MR) is 64.5 cm³/mol. The molecular weight excluding hydrogens is 256 g/mol. The van der Waals surface area contributed by atoms with E-state index in [9.17, 15) is 13.2 Å². The van der Waals surface area contributed by atoms with E-state index in [1.54, 1.807) is 12.1 Å². The zero-order valence-corrected chi connectivity index (χ0v) is 10.3. The van der Waals surface area contributed by atoms with Crippen LogP contribution in [0, 0.1) is 0 Å². The van der Waals surface area contributed by atoms with E-state index in [0.29, 0.717) is 5.75 Å². The van der Waals surface area contributed by atoms with Gasteiger partial charge < -0.3 is 4.74 Å². The SMILES string of the molecule is CS(=O)(=O)c1cccc(Oc2cn[nH]c(=O)c2)c1. The Balaban J connectivity index is 2.33. The molecule has 0 aliphatic heterocycles. The summed E-state index contributed by atoms with van der Waals surface area (Å²) in [6.07, 6.45) is 2.44. The van der Waals surface area contributed by atoms with E-state index in [4.69, 9.17) is 4.74 Å². The van der Waals surface area contributed by atoms with Crippen LogP contribution in [0.4, 0.5) is 0 Å². The third kappa shape index (κ3) is 2.95. The Hall–Kier alpha value is -2.15. The van der Waals surface area contributed by atoms with E-state index in [0.717, 1.165) is 6.26 Å². The molecule has 0 unspecified atom stereocenters. The number of rotatable bonds is 3. The highest BCUT2D eigenvalue weighted by atomic mass is 32.2. The number of ether oxygens (including phenoxy) is 1. The largest absolute Gasteiger partial charge is 0.455 e. The van der Waals surface area contributed by atoms with Crippen LogP contribution in [0.2, 0.25) is 0 Å². The van der Waals surface area contributed by atoms with E-state index in [2.05, 4.69) is 10.2 Å². The number of hydrogen-bond acceptors (Lipinski definition) is 5. The van der Waals surface area contributed by atoms with Crippen molar-refractivity contribution >= 4 is 9.84 Å². The number of sulfone groups is 1. The van der Waals surface area contributed by atoms with Crippen molar-refractivity contribution in [3.05, 3.63) is 46.9 Å². The molecule has 0 aliphatic carbocycles. The van der Waals surface area contributed by atoms with E-state index in [1.165, 1.54) is 24.4 Å². The summed E-state index contributed by atoms with van der Waals surface area (Å²) >= 11 is 0. The Morgan fingerprint density at radius 2 is 2.00 bits per heavy atom. The van der Waals surface area contributed by atoms with Gasteiger partial charge in [-0.2, -0.15) is 5.10 Å². The minimum atomic E-state index is -3.29. The molecule has 18 heavy (non-hydrogen) atoms. The Morgan fingerprint density at radius 1 is 1.22 bits per heavy atom. The summed E-state index contributed by atoms with van der Waals surface area (Å²) in [6, 6.07) is 7.23. The lowest BCUT2D eigenvalue weighted by molar-refractivity contribution is 0.475. The highest BCUT2D eigenvalue weighted by Gasteiger charge is 2.08. The van der Waals surface area contributed by atoms with Crippen LogP contribution in [0.3, 0.4) is 0 Å². The molecule has 1 aromatic carbocycles. The Bertz CT molecular complexity index is 722. The van der Waals surface area contributed by atoms with Crippen LogP contribution in [-0.4, -0.2) is 24.9 Å². The van der Waals surface area contributed by atoms with Gasteiger partial charge in [0.05, 0.1) is 11.1 Å². The fourth-order valence-electron chi connectivity index (χ4n) is 1.32. The summed E-state index contributed by atoms with van der Waals surface area (Å²) < 4.78 is 28.1. The standard InChI is InChI=1S/C11H10N2O4S/c1-18(15,16)10-4-2-3-8(5-10)17-9-6-11(14)13-12-7-9/h2-7H,1H3,(H,13,14). The molecule has 6 nitrogen and oxygen atoms in total. The van der Waals surface area contributed by atoms with Crippen molar-refractivity contribution in [2.24, 2.45) is 0 Å². The molecule has 0 atom stereocenters. The number of nitrogens with one attached hydrogen (secondary N) is 1. The fraction of sp³-hybridized carbons (Fsp3) is 0.0909. The monoisotopic (exact) mass is 266 g/mol. The first-order chi connectivity index (χ1) is 8.45. The van der Waals surface area contributed by atoms with Crippen molar-refractivity contribution in [3.63, 3.8) is 0 Å². The minimum absolute atomic E-state index is 0.151. The highest BCUT2D eigenvalue weighted by Crippen LogP contribution is 2.22. The van der Waals surface area contributed by atoms with Crippen LogP contribution < -0.4 is 10.3 Å². The predicted octanol–water partition coefficient (Wildman–Crippen LogP) is 0.966. The fourth-order valence-corrected chi connectivity index (χ4v) is 1.97. The van der Waals surface area contributed by atoms with E-state index in [1.807, 2.05) is 0 Å². The van der Waals surface area contributed by atoms with Crippen LogP contribution in [0.25, 0.3) is 0 Å². The lowest BCUT2D eigenvalue weighted by Gasteiger charge is -2.05. The molecule has 0 bridgehead atoms. The molecule has 0 saturated heterocycles. The second-order valence-corrected chi connectivity index (χ2v) is 5.65. The van der Waals surface area contributed by atoms with E-state index in [-0.39, 0.29) is 10.6 Å². The molecule has 94 valence electrons. The van der Waals surface area contributed by atoms with E-state index < -0.39 is 15.4 Å². The summed E-state index contributed by atoms with van der Waals surface area (Å²) in [5.74, 6) is 0.565. The third-order valence-corrected chi connectivity index (χ3v) is 3.22. The smallest absolute Gasteiger partial charge is 0.267 e. The van der Waals surface area contributed by atoms with Gasteiger partial charge in [0, 0.05) is 12.3 Å². The van der Waals surface area contributed by atoms with Gasteiger partial charge in [0.2, 0.25) is 0 Å². The molecule has 2 rings (SSSR count). The molecule has 0 aliphatic rings. The molecule has 1 N–H and O–H groups in total. The van der Waals surface area contributed by atoms with Gasteiger partial charge in [-0.3, -0.25) is 4.79 Å². The number of aromatic nitrogens is 2. The van der Waals surface area contributed by atoms with Crippen molar-refractivity contribution < 1.29 is 13.2 Å². The zero-order chi connectivity index (χ0) is 13.2. The van der Waals surface area contributed by atoms with Crippen molar-refractivity contribution in [1.29, 1.82) is 0 Å². The third-order valence-electron chi connectivity index (χ3n) is 2.11. The summed E-state index contributed by atoms with van der Waals surface area (Å²) in [4.78, 5) is 11.2. The van der Waals surface area contributed by atoms with Gasteiger partial charge in [-0.15, -0.1) is 0 Å². The average Bonchev–Trinajstić information content (AvgIpc) is 2.28. The Kier molecular flexibility index (Phi) is 3.15. The van der Waals surface area contributed by atoms with Crippen LogP contribution in [-0.2, 0) is 9.84 Å². The number of hydrogen-bond donors (Lipinski definition) is 1. The summed E-state index contributed by atoms with van der Waals surface area (Å²) in [5, 5.41) is 5.78. The lowest BCUT2D eigenvalue weighted by atomic mass is 10.3. The second kappa shape index (κ2) is 4.61. The van der Waals surface area contributed by atoms with Crippen molar-refractivity contribution in [1.82, 2.24) is 10.2 Å². The van der Waals surface area contributed by atoms with Crippen LogP contribution in [0.5, 0.6) is 11.5 Å². The van der Waals surface area contributed by atoms with Gasteiger partial charge in [0.15, 0.2) is 15.6 Å². The Morgan fingerprint density at radius 3 is 2.67 bits per heavy atom. The molecule has 0 fully saturated rings. The van der Waals surface area contributed by atoms with Gasteiger partial charge >= 0.3 is 0 Å². The molecule has 0 radical (unpaired) electrons. The maximum Gasteiger partial charge on any atom is 0.267 e. The van der Waals surface area contributed by atoms with Crippen molar-refractivity contribution in [3.8, 4) is 11.5 Å². The number of aromatic amines is 1. The maximum absolute atomic E-state index is 11.4. The summed E-state index contributed by atoms with van der Waals surface area (Å²) in [6.45, 7) is 0. The molecule has 1 aromatic heterocycles. The lowest BCUT2D eigenvalue weighted by Crippen LogP contribution is -2.05. The summed E-state index contributed by atoms with van der Waals surface area (Å²) in [5.41, 5.74) is -0.397. The average molecular weight is 266 g/mol. The first kappa shape index (κ1) is 12.3. The molecule has 0 spiro atoms. The van der Waals surface area contributed by atoms with E-state index >= 15 is 0 Å². The van der Waals surface area contributed by atoms with Crippen molar-refractivity contribution in [2.45, 2.75) is 4.90 Å². The van der Waals surface area contributed by atoms with Gasteiger partial charge in [-0.1, -0.05) is 6.07 Å². The maximum atomic E-state index is 11.4. The number of H-pyrrole nitrogens is 1. The van der Waals surface area contributed by atoms with Crippen LogP contribution >= 0.6 is 0 Å². The minimum Gasteiger partial charge on any atom is -0.455 e. The summed E-state index contributed by atoms with van der Waals surface area (Å²) in [7, 11) is -3.29. The topological polar surface area (TPSA) is 89.1 Å². The van der Waals surface area contributed by atoms with Gasteiger partial charge in [-0.05, 0) is 18.2 Å². The van der Waals surface area contributed by atoms with Crippen molar-refractivity contribution in [2.75, 3.05) is 6.26 Å². The number of nitrogens with zero attached hydrogens (tertiary/aromatic N) is 1. The quantitative estimate of drug-likeness (QED) is 0.894. The second-order valence-electron chi connectivity index (χ2n) is 3.63. The van der Waals surface area contributed by atoms with Crippen LogP contribution in [0.1, 0.15) is 0 Å². The Labute approximate surface area is 103 Å². The van der Waals surface area contributed by atoms with Gasteiger partial charge in [0.1, 0.15) is 5.75 Å². The molecule has 0 saturated carbocycles. The first-order valence-electron chi connectivity index (χ1n) is 4.98. The van der Waals surface area contributed by atoms with Crippen LogP contribution in [0.15, 0.2) is 46.2 Å².